The first-order valence-electron chi connectivity index (χ1n) is 25.5. The Hall–Kier alpha value is 1.78. The minimum atomic E-state index is -3.68. The van der Waals surface area contributed by atoms with Gasteiger partial charge < -0.3 is 13.0 Å². The maximum Gasteiger partial charge on any atom is 1.00 e. The molecule has 0 fully saturated rings. The molecular weight excluding hydrogens is 1800 g/mol. The van der Waals surface area contributed by atoms with Crippen molar-refractivity contribution in [1.82, 2.24) is 0 Å². The second-order valence-corrected chi connectivity index (χ2v) is 47.1. The Bertz CT molecular complexity index is 3330. The molecule has 0 aromatic heterocycles. The van der Waals surface area contributed by atoms with Crippen molar-refractivity contribution in [2.45, 2.75) is 172 Å². The van der Waals surface area contributed by atoms with Crippen LogP contribution < -0.4 is 72.4 Å². The van der Waals surface area contributed by atoms with Crippen molar-refractivity contribution >= 4 is 146 Å². The first-order chi connectivity index (χ1) is 37.5. The number of benzene rings is 4. The molecule has 0 radical (unpaired) electrons. The molecule has 0 aliphatic heterocycles. The summed E-state index contributed by atoms with van der Waals surface area (Å²) in [5, 5.41) is -1.25. The van der Waals surface area contributed by atoms with Crippen molar-refractivity contribution in [3.05, 3.63) is 165 Å². The van der Waals surface area contributed by atoms with Crippen LogP contribution >= 0.6 is 96.7 Å². The Balaban J connectivity index is -0.00000117. The normalized spacial score (nSPS) is 15.8. The van der Waals surface area contributed by atoms with E-state index in [9.17, 15) is 33.7 Å². The first-order valence-corrected chi connectivity index (χ1v) is 52.9. The van der Waals surface area contributed by atoms with Crippen LogP contribution in [0.2, 0.25) is 0 Å². The number of allylic oxidation sites excluding steroid dienone is 5. The molecule has 2 unspecified atom stereocenters. The van der Waals surface area contributed by atoms with Gasteiger partial charge in [-0.25, -0.2) is 33.7 Å². The van der Waals surface area contributed by atoms with Crippen LogP contribution in [0.15, 0.2) is 162 Å². The van der Waals surface area contributed by atoms with E-state index in [-0.39, 0.29) is 99.3 Å². The van der Waals surface area contributed by atoms with E-state index in [0.29, 0.717) is 35.3 Å². The molecule has 2 aliphatic rings. The van der Waals surface area contributed by atoms with Gasteiger partial charge in [0, 0.05) is 53.8 Å². The van der Waals surface area contributed by atoms with Gasteiger partial charge in [-0.15, -0.1) is 11.6 Å². The molecule has 0 bridgehead atoms. The molecule has 2 aliphatic carbocycles. The van der Waals surface area contributed by atoms with E-state index < -0.39 is 60.0 Å². The van der Waals surface area contributed by atoms with Gasteiger partial charge in [-0.1, -0.05) is 140 Å². The maximum absolute atomic E-state index is 14.0. The molecule has 0 N–H and O–H groups in total. The summed E-state index contributed by atoms with van der Waals surface area (Å²) in [6.45, 7) is 24.3. The van der Waals surface area contributed by atoms with Crippen molar-refractivity contribution in [2.24, 2.45) is 10.8 Å². The molecular formula is C59H80Cl2I5Na2O11S5-. The van der Waals surface area contributed by atoms with E-state index in [1.54, 1.807) is 66.7 Å². The molecule has 0 spiro atoms. The van der Waals surface area contributed by atoms with Crippen molar-refractivity contribution in [2.75, 3.05) is 11.6 Å². The van der Waals surface area contributed by atoms with Crippen molar-refractivity contribution in [3.63, 3.8) is 0 Å². The molecule has 11 nitrogen and oxygen atoms in total. The monoisotopic (exact) mass is 1870 g/mol. The second kappa shape index (κ2) is 42.9. The van der Waals surface area contributed by atoms with Crippen molar-refractivity contribution in [1.29, 1.82) is 0 Å². The molecule has 84 heavy (non-hydrogen) atoms. The Morgan fingerprint density at radius 3 is 1.10 bits per heavy atom. The molecule has 4 aromatic rings. The minimum Gasteiger partial charge on any atom is -0.917 e. The third-order valence-electron chi connectivity index (χ3n) is 14.0. The molecule has 0 saturated carbocycles. The summed E-state index contributed by atoms with van der Waals surface area (Å²) < 4.78 is 128. The predicted molar refractivity (Wildman–Crippen MR) is 372 cm³/mol. The van der Waals surface area contributed by atoms with Gasteiger partial charge in [-0.3, -0.25) is 0 Å². The number of hydrogen-bond donors (Lipinski definition) is 0. The summed E-state index contributed by atoms with van der Waals surface area (Å²) in [5.74, 6) is 0.255. The van der Waals surface area contributed by atoms with Crippen molar-refractivity contribution < 1.29 is 119 Å². The fourth-order valence-corrected chi connectivity index (χ4v) is 16.5. The number of rotatable bonds is 15. The smallest absolute Gasteiger partial charge is 0.917 e. The fraction of sp³-hybridized carbons (Fsp3) is 0.458. The van der Waals surface area contributed by atoms with E-state index in [4.69, 9.17) is 35.3 Å². The van der Waals surface area contributed by atoms with E-state index in [1.807, 2.05) is 71.9 Å². The zero-order chi connectivity index (χ0) is 62.3. The van der Waals surface area contributed by atoms with Crippen LogP contribution in [-0.2, 0) is 58.0 Å². The van der Waals surface area contributed by atoms with Gasteiger partial charge in [-0.2, -0.15) is 11.0 Å². The van der Waals surface area contributed by atoms with Crippen LogP contribution in [0, 0.1) is 38.5 Å². The third-order valence-corrected chi connectivity index (χ3v) is 21.2. The van der Waals surface area contributed by atoms with Gasteiger partial charge >= 0.3 is 110 Å². The molecule has 6 rings (SSSR count). The average Bonchev–Trinajstić information content (AvgIpc) is 1.57. The molecule has 0 heterocycles. The van der Waals surface area contributed by atoms with Crippen molar-refractivity contribution in [3.8, 4) is 0 Å². The summed E-state index contributed by atoms with van der Waals surface area (Å²) in [6.07, 6.45) is 10.4. The van der Waals surface area contributed by atoms with Crippen LogP contribution in [0.1, 0.15) is 136 Å². The largest absolute Gasteiger partial charge is 1.00 e. The number of sulfone groups is 3. The minimum absolute atomic E-state index is 0. The van der Waals surface area contributed by atoms with Crippen LogP contribution in [-0.4, -0.2) is 60.4 Å². The van der Waals surface area contributed by atoms with Crippen LogP contribution in [0.3, 0.4) is 0 Å². The molecule has 4 aromatic carbocycles. The predicted octanol–water partition coefficient (Wildman–Crippen LogP) is 9.56. The van der Waals surface area contributed by atoms with Crippen LogP contribution in [0.4, 0.5) is 0 Å². The number of halogens is 7. The number of alkyl halides is 1. The quantitative estimate of drug-likeness (QED) is 0.0161. The Morgan fingerprint density at radius 2 is 0.833 bits per heavy atom. The molecule has 25 heteroatoms. The Labute approximate surface area is 614 Å². The third kappa shape index (κ3) is 30.7. The summed E-state index contributed by atoms with van der Waals surface area (Å²) in [5.41, 5.74) is 9.99. The summed E-state index contributed by atoms with van der Waals surface area (Å²) in [4.78, 5) is 1.15. The zero-order valence-electron chi connectivity index (χ0n) is 49.8. The zero-order valence-corrected chi connectivity index (χ0v) is 70.2. The van der Waals surface area contributed by atoms with Crippen LogP contribution in [0.25, 0.3) is 0 Å². The van der Waals surface area contributed by atoms with E-state index >= 15 is 0 Å². The van der Waals surface area contributed by atoms with Gasteiger partial charge in [0.1, 0.15) is 0 Å². The van der Waals surface area contributed by atoms with Gasteiger partial charge in [0.15, 0.2) is 29.5 Å². The first kappa shape index (κ1) is 90.0. The molecule has 0 amide bonds. The molecule has 464 valence electrons. The standard InChI is InChI=1S/C29H38O4S2.C22H31ClO2S.C7H7ClO2S.CH4.I3.I2.2Na.O3S/c1-21-9-13-25(14-10-21)34(30,31)19-17-23(3)20-27(28-24(4)8-7-18-29(28,5)6)35(32,33)26-15-11-22(2)12-16-26;1-16-8-10-19(11-9-16)26(24,25)20(15-17(2)12-14-23)21-18(3)7-6-13-22(21,4)5;1-6-2-4-7(5-3-6)11(8,9)10;;1-3-2;1-2;;;1-4(2)3/h9-17,27H,7-8,18-20H2,1-6H3;8-12,20H,6-7,13-15H2,1-5H3;2-5H,1H3;1H4;;;;;/q;;;;-1;;2*+1;-2. The van der Waals surface area contributed by atoms with Gasteiger partial charge in [0.25, 0.3) is 9.05 Å². The summed E-state index contributed by atoms with van der Waals surface area (Å²) >= 11 is 15.4. The second-order valence-electron chi connectivity index (χ2n) is 21.3. The molecule has 0 saturated heterocycles. The Morgan fingerprint density at radius 1 is 0.571 bits per heavy atom. The SMILES string of the molecule is C.CC(=CCCl)CC(C1=C(C)CCCC1(C)C)S(=O)(=O)c1ccc(C)cc1.CC(=CCS(=O)(=O)c1ccc(C)cc1)CC(C1=C(C)CCCC1(C)C)S(=O)(=O)c1ccc(C)cc1.Cc1ccc(S(=O)(=O)Cl)cc1.II.I[I-]I.O=[S-](=O)[O-].[Na+].[Na+]. The number of hydrogen-bond acceptors (Lipinski definition) is 12. The van der Waals surface area contributed by atoms with Gasteiger partial charge in [0.05, 0.1) is 35.8 Å². The fourth-order valence-electron chi connectivity index (χ4n) is 9.90. The maximum atomic E-state index is 14.0. The van der Waals surface area contributed by atoms with Gasteiger partial charge in [0.2, 0.25) is 0 Å². The van der Waals surface area contributed by atoms with Gasteiger partial charge in [-0.05, 0) is 177 Å². The van der Waals surface area contributed by atoms with Crippen LogP contribution in [0.5, 0.6) is 0 Å². The topological polar surface area (TPSA) is 194 Å². The summed E-state index contributed by atoms with van der Waals surface area (Å²) in [7, 11) is -12.2. The molecule has 2 atom stereocenters. The average molecular weight is 1880 g/mol. The summed E-state index contributed by atoms with van der Waals surface area (Å²) in [6, 6.07) is 27.4. The van der Waals surface area contributed by atoms with E-state index in [2.05, 4.69) is 116 Å². The van der Waals surface area contributed by atoms with E-state index in [1.165, 1.54) is 17.7 Å². The van der Waals surface area contributed by atoms with E-state index in [0.717, 1.165) is 88.6 Å². The Kier molecular flexibility index (Phi) is 45.9. The number of aryl methyl sites for hydroxylation is 4.